The molecule has 2 aromatic heterocycles. The van der Waals surface area contributed by atoms with Gasteiger partial charge < -0.3 is 4.74 Å². The fourth-order valence-electron chi connectivity index (χ4n) is 4.63. The molecule has 0 radical (unpaired) electrons. The molecule has 35 heavy (non-hydrogen) atoms. The highest BCUT2D eigenvalue weighted by atomic mass is 35.5. The summed E-state index contributed by atoms with van der Waals surface area (Å²) in [6, 6.07) is 5.98. The van der Waals surface area contributed by atoms with Gasteiger partial charge in [-0.3, -0.25) is 9.69 Å². The van der Waals surface area contributed by atoms with Crippen molar-refractivity contribution in [2.24, 2.45) is 0 Å². The minimum Gasteiger partial charge on any atom is -0.376 e. The third kappa shape index (κ3) is 4.99. The second-order valence-electron chi connectivity index (χ2n) is 8.81. The zero-order chi connectivity index (χ0) is 24.7. The minimum absolute atomic E-state index is 0.118. The van der Waals surface area contributed by atoms with E-state index >= 15 is 0 Å². The van der Waals surface area contributed by atoms with Crippen LogP contribution in [-0.4, -0.2) is 55.5 Å². The van der Waals surface area contributed by atoms with Gasteiger partial charge in [0.05, 0.1) is 32.2 Å². The van der Waals surface area contributed by atoms with E-state index < -0.39 is 16.1 Å². The third-order valence-corrected chi connectivity index (χ3v) is 11.6. The zero-order valence-electron chi connectivity index (χ0n) is 19.1. The SMILES string of the molecule is Cc1ccc(Cl)c2sc(N(CC3CCCO3)C(=O)C3CCCCN3S(=O)(=O)c3ccc(Cl)s3)nc12. The molecule has 0 aliphatic carbocycles. The Bertz CT molecular complexity index is 1310. The number of halogens is 2. The number of ether oxygens (including phenoxy) is 1. The fraction of sp³-hybridized carbons (Fsp3) is 0.478. The van der Waals surface area contributed by atoms with E-state index in [1.165, 1.54) is 21.7 Å². The van der Waals surface area contributed by atoms with E-state index in [2.05, 4.69) is 0 Å². The van der Waals surface area contributed by atoms with E-state index in [1.54, 1.807) is 11.0 Å². The summed E-state index contributed by atoms with van der Waals surface area (Å²) < 4.78 is 35.5. The number of rotatable bonds is 6. The summed E-state index contributed by atoms with van der Waals surface area (Å²) in [4.78, 5) is 20.5. The molecule has 2 saturated heterocycles. The molecule has 2 unspecified atom stereocenters. The van der Waals surface area contributed by atoms with Crippen molar-refractivity contribution in [2.75, 3.05) is 24.6 Å². The second-order valence-corrected chi connectivity index (χ2v) is 14.0. The van der Waals surface area contributed by atoms with Gasteiger partial charge in [-0.25, -0.2) is 13.4 Å². The summed E-state index contributed by atoms with van der Waals surface area (Å²) in [7, 11) is -3.87. The number of sulfonamides is 1. The van der Waals surface area contributed by atoms with Crippen LogP contribution >= 0.6 is 45.9 Å². The van der Waals surface area contributed by atoms with Gasteiger partial charge in [-0.1, -0.05) is 47.0 Å². The number of anilines is 1. The van der Waals surface area contributed by atoms with Crippen LogP contribution in [0.2, 0.25) is 9.36 Å². The number of carbonyl (C=O) groups excluding carboxylic acids is 1. The van der Waals surface area contributed by atoms with Gasteiger partial charge in [-0.2, -0.15) is 4.31 Å². The first-order chi connectivity index (χ1) is 16.8. The number of piperidine rings is 1. The van der Waals surface area contributed by atoms with Crippen LogP contribution in [0.1, 0.15) is 37.7 Å². The van der Waals surface area contributed by atoms with Crippen LogP contribution < -0.4 is 4.90 Å². The van der Waals surface area contributed by atoms with Crippen molar-refractivity contribution in [2.45, 2.75) is 55.4 Å². The van der Waals surface area contributed by atoms with E-state index in [-0.39, 0.29) is 22.8 Å². The van der Waals surface area contributed by atoms with E-state index in [0.717, 1.165) is 46.4 Å². The van der Waals surface area contributed by atoms with Crippen molar-refractivity contribution >= 4 is 77.2 Å². The van der Waals surface area contributed by atoms with Crippen LogP contribution in [0.4, 0.5) is 5.13 Å². The van der Waals surface area contributed by atoms with Gasteiger partial charge in [0.25, 0.3) is 10.0 Å². The molecule has 1 aromatic carbocycles. The molecule has 2 fully saturated rings. The highest BCUT2D eigenvalue weighted by molar-refractivity contribution is 7.91. The maximum Gasteiger partial charge on any atom is 0.253 e. The Balaban J connectivity index is 1.53. The van der Waals surface area contributed by atoms with Gasteiger partial charge in [0.15, 0.2) is 5.13 Å². The molecule has 3 aromatic rings. The average molecular weight is 575 g/mol. The Morgan fingerprint density at radius 2 is 2.00 bits per heavy atom. The number of aryl methyl sites for hydroxylation is 1. The van der Waals surface area contributed by atoms with Crippen LogP contribution in [0.3, 0.4) is 0 Å². The number of aromatic nitrogens is 1. The van der Waals surface area contributed by atoms with Gasteiger partial charge in [0, 0.05) is 13.2 Å². The largest absolute Gasteiger partial charge is 0.376 e. The molecule has 2 atom stereocenters. The number of benzene rings is 1. The molecule has 12 heteroatoms. The molecule has 4 heterocycles. The lowest BCUT2D eigenvalue weighted by molar-refractivity contribution is -0.123. The number of thiophene rings is 1. The molecular formula is C23H25Cl2N3O4S3. The fourth-order valence-corrected chi connectivity index (χ4v) is 9.23. The van der Waals surface area contributed by atoms with Crippen molar-refractivity contribution in [3.63, 3.8) is 0 Å². The van der Waals surface area contributed by atoms with Crippen molar-refractivity contribution in [1.29, 1.82) is 0 Å². The average Bonchev–Trinajstić information content (AvgIpc) is 3.61. The molecule has 0 spiro atoms. The van der Waals surface area contributed by atoms with Crippen molar-refractivity contribution in [1.82, 2.24) is 9.29 Å². The van der Waals surface area contributed by atoms with Gasteiger partial charge >= 0.3 is 0 Å². The van der Waals surface area contributed by atoms with Crippen LogP contribution in [-0.2, 0) is 19.6 Å². The number of thiazole rings is 1. The third-order valence-electron chi connectivity index (χ3n) is 6.44. The predicted octanol–water partition coefficient (Wildman–Crippen LogP) is 5.73. The molecule has 1 amide bonds. The Labute approximate surface area is 222 Å². The summed E-state index contributed by atoms with van der Waals surface area (Å²) >= 11 is 14.8. The number of amides is 1. The summed E-state index contributed by atoms with van der Waals surface area (Å²) in [6.07, 6.45) is 3.57. The lowest BCUT2D eigenvalue weighted by Crippen LogP contribution is -2.54. The lowest BCUT2D eigenvalue weighted by atomic mass is 10.0. The maximum atomic E-state index is 14.1. The van der Waals surface area contributed by atoms with Gasteiger partial charge in [-0.15, -0.1) is 11.3 Å². The summed E-state index contributed by atoms with van der Waals surface area (Å²) in [5.41, 5.74) is 1.72. The second kappa shape index (κ2) is 10.2. The first kappa shape index (κ1) is 25.4. The Morgan fingerprint density at radius 1 is 1.17 bits per heavy atom. The molecule has 0 saturated carbocycles. The first-order valence-corrected chi connectivity index (χ1v) is 15.3. The minimum atomic E-state index is -3.87. The highest BCUT2D eigenvalue weighted by Crippen LogP contribution is 2.38. The standard InChI is InChI=1S/C23H25Cl2N3O4S3/c1-14-7-8-16(24)21-20(14)26-23(34-21)27(13-15-5-4-12-32-15)22(29)17-6-2-3-11-28(17)35(30,31)19-10-9-18(25)33-19/h7-10,15,17H,2-6,11-13H2,1H3. The summed E-state index contributed by atoms with van der Waals surface area (Å²) in [6.45, 7) is 3.22. The van der Waals surface area contributed by atoms with Crippen LogP contribution in [0.25, 0.3) is 10.2 Å². The van der Waals surface area contributed by atoms with E-state index in [0.29, 0.717) is 40.5 Å². The molecule has 2 aliphatic heterocycles. The molecule has 0 bridgehead atoms. The van der Waals surface area contributed by atoms with Gasteiger partial charge in [0.1, 0.15) is 10.3 Å². The van der Waals surface area contributed by atoms with Crippen LogP contribution in [0, 0.1) is 6.92 Å². The normalized spacial score (nSPS) is 21.6. The predicted molar refractivity (Wildman–Crippen MR) is 142 cm³/mol. The summed E-state index contributed by atoms with van der Waals surface area (Å²) in [5.74, 6) is -0.278. The zero-order valence-corrected chi connectivity index (χ0v) is 23.0. The van der Waals surface area contributed by atoms with Crippen molar-refractivity contribution in [3.8, 4) is 0 Å². The van der Waals surface area contributed by atoms with Crippen molar-refractivity contribution < 1.29 is 17.9 Å². The smallest absolute Gasteiger partial charge is 0.253 e. The molecule has 188 valence electrons. The topological polar surface area (TPSA) is 79.8 Å². The van der Waals surface area contributed by atoms with Crippen LogP contribution in [0.15, 0.2) is 28.5 Å². The molecule has 5 rings (SSSR count). The quantitative estimate of drug-likeness (QED) is 0.376. The number of hydrogen-bond donors (Lipinski definition) is 0. The molecule has 0 N–H and O–H groups in total. The Kier molecular flexibility index (Phi) is 7.43. The van der Waals surface area contributed by atoms with E-state index in [1.807, 2.05) is 19.1 Å². The first-order valence-electron chi connectivity index (χ1n) is 11.5. The van der Waals surface area contributed by atoms with Gasteiger partial charge in [0.2, 0.25) is 5.91 Å². The van der Waals surface area contributed by atoms with Crippen molar-refractivity contribution in [3.05, 3.63) is 39.2 Å². The van der Waals surface area contributed by atoms with E-state index in [4.69, 9.17) is 32.9 Å². The lowest BCUT2D eigenvalue weighted by Gasteiger charge is -2.36. The number of fused-ring (bicyclic) bond motifs is 1. The summed E-state index contributed by atoms with van der Waals surface area (Å²) in [5, 5.41) is 1.09. The molecule has 2 aliphatic rings. The monoisotopic (exact) mass is 573 g/mol. The maximum absolute atomic E-state index is 14.1. The van der Waals surface area contributed by atoms with E-state index in [9.17, 15) is 13.2 Å². The highest BCUT2D eigenvalue weighted by Gasteiger charge is 2.41. The van der Waals surface area contributed by atoms with Gasteiger partial charge in [-0.05, 0) is 56.4 Å². The van der Waals surface area contributed by atoms with Crippen LogP contribution in [0.5, 0.6) is 0 Å². The number of nitrogens with zero attached hydrogens (tertiary/aromatic N) is 3. The number of hydrogen-bond acceptors (Lipinski definition) is 7. The number of carbonyl (C=O) groups is 1. The Morgan fingerprint density at radius 3 is 2.69 bits per heavy atom. The molecular weight excluding hydrogens is 549 g/mol. The molecule has 7 nitrogen and oxygen atoms in total. The Hall–Kier alpha value is -1.27.